The van der Waals surface area contributed by atoms with Crippen LogP contribution < -0.4 is 0 Å². The van der Waals surface area contributed by atoms with E-state index in [0.29, 0.717) is 17.5 Å². The zero-order valence-corrected chi connectivity index (χ0v) is 14.6. The van der Waals surface area contributed by atoms with E-state index in [4.69, 9.17) is 4.74 Å². The van der Waals surface area contributed by atoms with Crippen molar-refractivity contribution >= 4 is 6.09 Å². The Balaban J connectivity index is 1.80. The van der Waals surface area contributed by atoms with Gasteiger partial charge in [-0.1, -0.05) is 0 Å². The lowest BCUT2D eigenvalue weighted by Crippen LogP contribution is -2.56. The van der Waals surface area contributed by atoms with Crippen LogP contribution in [0.4, 0.5) is 4.79 Å². The van der Waals surface area contributed by atoms with E-state index in [1.807, 2.05) is 32.7 Å². The molecule has 0 aromatic carbocycles. The Kier molecular flexibility index (Phi) is 4.57. The second kappa shape index (κ2) is 5.79. The molecule has 1 aliphatic carbocycles. The minimum atomic E-state index is -0.407. The van der Waals surface area contributed by atoms with E-state index in [2.05, 4.69) is 18.7 Å². The van der Waals surface area contributed by atoms with Gasteiger partial charge in [-0.2, -0.15) is 0 Å². The standard InChI is InChI=1S/C17H32N2O2/c1-13(2)19-9-7-17(8-10-19)11-14(12-17)18(6)15(20)21-16(3,4)5/h13-14H,7-12H2,1-6H3. The molecule has 1 spiro atoms. The van der Waals surface area contributed by atoms with Crippen molar-refractivity contribution in [2.45, 2.75) is 78.0 Å². The summed E-state index contributed by atoms with van der Waals surface area (Å²) in [5.74, 6) is 0. The summed E-state index contributed by atoms with van der Waals surface area (Å²) >= 11 is 0. The topological polar surface area (TPSA) is 32.8 Å². The monoisotopic (exact) mass is 296 g/mol. The number of piperidine rings is 1. The number of amides is 1. The summed E-state index contributed by atoms with van der Waals surface area (Å²) in [6.45, 7) is 12.7. The molecule has 2 aliphatic rings. The predicted octanol–water partition coefficient (Wildman–Crippen LogP) is 3.51. The first kappa shape index (κ1) is 16.6. The third-order valence-electron chi connectivity index (χ3n) is 5.16. The van der Waals surface area contributed by atoms with Crippen LogP contribution in [0.25, 0.3) is 0 Å². The Morgan fingerprint density at radius 2 is 1.76 bits per heavy atom. The number of ether oxygens (including phenoxy) is 1. The van der Waals surface area contributed by atoms with Gasteiger partial charge in [-0.3, -0.25) is 0 Å². The molecule has 2 rings (SSSR count). The Hall–Kier alpha value is -0.770. The maximum Gasteiger partial charge on any atom is 0.410 e. The van der Waals surface area contributed by atoms with E-state index in [1.54, 1.807) is 0 Å². The Morgan fingerprint density at radius 3 is 2.19 bits per heavy atom. The van der Waals surface area contributed by atoms with Crippen molar-refractivity contribution in [3.05, 3.63) is 0 Å². The quantitative estimate of drug-likeness (QED) is 0.782. The molecule has 1 saturated heterocycles. The normalized spacial score (nSPS) is 23.2. The third-order valence-corrected chi connectivity index (χ3v) is 5.16. The van der Waals surface area contributed by atoms with Gasteiger partial charge < -0.3 is 14.5 Å². The van der Waals surface area contributed by atoms with E-state index in [-0.39, 0.29) is 6.09 Å². The highest BCUT2D eigenvalue weighted by Gasteiger charge is 2.48. The summed E-state index contributed by atoms with van der Waals surface area (Å²) in [5.41, 5.74) is 0.0850. The van der Waals surface area contributed by atoms with Gasteiger partial charge in [-0.15, -0.1) is 0 Å². The minimum absolute atomic E-state index is 0.179. The number of nitrogens with zero attached hydrogens (tertiary/aromatic N) is 2. The number of hydrogen-bond acceptors (Lipinski definition) is 3. The van der Waals surface area contributed by atoms with Gasteiger partial charge in [0.05, 0.1) is 0 Å². The minimum Gasteiger partial charge on any atom is -0.444 e. The number of rotatable bonds is 2. The predicted molar refractivity (Wildman–Crippen MR) is 85.4 cm³/mol. The van der Waals surface area contributed by atoms with Gasteiger partial charge in [0.2, 0.25) is 0 Å². The molecule has 1 heterocycles. The van der Waals surface area contributed by atoms with Crippen molar-refractivity contribution in [3.8, 4) is 0 Å². The average Bonchev–Trinajstić information content (AvgIpc) is 2.33. The number of carbonyl (C=O) groups excluding carboxylic acids is 1. The first-order valence-corrected chi connectivity index (χ1v) is 8.32. The zero-order valence-electron chi connectivity index (χ0n) is 14.6. The molecular formula is C17H32N2O2. The first-order chi connectivity index (χ1) is 9.62. The van der Waals surface area contributed by atoms with Crippen LogP contribution in [-0.4, -0.2) is 53.7 Å². The summed E-state index contributed by atoms with van der Waals surface area (Å²) in [5, 5.41) is 0. The van der Waals surface area contributed by atoms with Gasteiger partial charge >= 0.3 is 6.09 Å². The van der Waals surface area contributed by atoms with Crippen LogP contribution in [-0.2, 0) is 4.74 Å². The van der Waals surface area contributed by atoms with Crippen molar-refractivity contribution in [1.82, 2.24) is 9.80 Å². The molecule has 4 heteroatoms. The first-order valence-electron chi connectivity index (χ1n) is 8.32. The van der Waals surface area contributed by atoms with Crippen LogP contribution in [0.15, 0.2) is 0 Å². The molecule has 0 atom stereocenters. The van der Waals surface area contributed by atoms with Crippen molar-refractivity contribution in [3.63, 3.8) is 0 Å². The number of carbonyl (C=O) groups is 1. The molecule has 4 nitrogen and oxygen atoms in total. The largest absolute Gasteiger partial charge is 0.444 e. The van der Waals surface area contributed by atoms with Gasteiger partial charge in [-0.25, -0.2) is 4.79 Å². The SMILES string of the molecule is CC(C)N1CCC2(CC1)CC(N(C)C(=O)OC(C)(C)C)C2. The van der Waals surface area contributed by atoms with E-state index in [9.17, 15) is 4.79 Å². The van der Waals surface area contributed by atoms with Gasteiger partial charge in [0, 0.05) is 19.1 Å². The Labute approximate surface area is 129 Å². The third kappa shape index (κ3) is 3.91. The molecule has 0 aromatic rings. The van der Waals surface area contributed by atoms with E-state index >= 15 is 0 Å². The molecule has 0 radical (unpaired) electrons. The lowest BCUT2D eigenvalue weighted by atomic mass is 9.60. The smallest absolute Gasteiger partial charge is 0.410 e. The van der Waals surface area contributed by atoms with Crippen LogP contribution in [0.1, 0.15) is 60.3 Å². The van der Waals surface area contributed by atoms with Gasteiger partial charge in [0.1, 0.15) is 5.60 Å². The molecule has 1 saturated carbocycles. The molecule has 0 unspecified atom stereocenters. The highest BCUT2D eigenvalue weighted by molar-refractivity contribution is 5.68. The van der Waals surface area contributed by atoms with Gasteiger partial charge in [0.25, 0.3) is 0 Å². The van der Waals surface area contributed by atoms with E-state index in [1.165, 1.54) is 25.9 Å². The molecule has 0 aromatic heterocycles. The summed E-state index contributed by atoms with van der Waals surface area (Å²) in [4.78, 5) is 16.5. The molecule has 1 amide bonds. The summed E-state index contributed by atoms with van der Waals surface area (Å²) in [6.07, 6.45) is 4.68. The molecule has 21 heavy (non-hydrogen) atoms. The molecule has 122 valence electrons. The van der Waals surface area contributed by atoms with Crippen LogP contribution in [0, 0.1) is 5.41 Å². The second-order valence-corrected chi connectivity index (χ2v) is 8.28. The average molecular weight is 296 g/mol. The number of likely N-dealkylation sites (tertiary alicyclic amines) is 1. The summed E-state index contributed by atoms with van der Waals surface area (Å²) in [6, 6.07) is 1.02. The van der Waals surface area contributed by atoms with E-state index in [0.717, 1.165) is 12.8 Å². The second-order valence-electron chi connectivity index (χ2n) is 8.28. The number of hydrogen-bond donors (Lipinski definition) is 0. The van der Waals surface area contributed by atoms with Gasteiger partial charge in [0.15, 0.2) is 0 Å². The highest BCUT2D eigenvalue weighted by atomic mass is 16.6. The maximum atomic E-state index is 12.1. The molecule has 0 N–H and O–H groups in total. The fraction of sp³-hybridized carbons (Fsp3) is 0.941. The van der Waals surface area contributed by atoms with Crippen LogP contribution in [0.5, 0.6) is 0 Å². The van der Waals surface area contributed by atoms with Crippen LogP contribution in [0.2, 0.25) is 0 Å². The van der Waals surface area contributed by atoms with Crippen molar-refractivity contribution < 1.29 is 9.53 Å². The molecular weight excluding hydrogens is 264 g/mol. The Bertz CT molecular complexity index is 371. The summed E-state index contributed by atoms with van der Waals surface area (Å²) < 4.78 is 5.46. The molecule has 1 aliphatic heterocycles. The van der Waals surface area contributed by atoms with Gasteiger partial charge in [-0.05, 0) is 78.8 Å². The van der Waals surface area contributed by atoms with E-state index < -0.39 is 5.60 Å². The van der Waals surface area contributed by atoms with Crippen molar-refractivity contribution in [2.75, 3.05) is 20.1 Å². The fourth-order valence-corrected chi connectivity index (χ4v) is 3.62. The van der Waals surface area contributed by atoms with Crippen molar-refractivity contribution in [1.29, 1.82) is 0 Å². The molecule has 2 fully saturated rings. The fourth-order valence-electron chi connectivity index (χ4n) is 3.62. The Morgan fingerprint density at radius 1 is 1.24 bits per heavy atom. The molecule has 0 bridgehead atoms. The van der Waals surface area contributed by atoms with Crippen LogP contribution in [0.3, 0.4) is 0 Å². The van der Waals surface area contributed by atoms with Crippen LogP contribution >= 0.6 is 0 Å². The van der Waals surface area contributed by atoms with Crippen molar-refractivity contribution in [2.24, 2.45) is 5.41 Å². The maximum absolute atomic E-state index is 12.1. The lowest BCUT2D eigenvalue weighted by Gasteiger charge is -2.54. The lowest BCUT2D eigenvalue weighted by molar-refractivity contribution is -0.0482. The summed E-state index contributed by atoms with van der Waals surface area (Å²) in [7, 11) is 1.88. The highest BCUT2D eigenvalue weighted by Crippen LogP contribution is 2.51. The zero-order chi connectivity index (χ0) is 15.8.